The molecule has 144 valence electrons. The zero-order valence-corrected chi connectivity index (χ0v) is 16.7. The maximum absolute atomic E-state index is 12.2. The summed E-state index contributed by atoms with van der Waals surface area (Å²) in [5.41, 5.74) is 0.725. The van der Waals surface area contributed by atoms with Crippen molar-refractivity contribution in [2.75, 3.05) is 13.1 Å². The van der Waals surface area contributed by atoms with E-state index in [-0.39, 0.29) is 6.54 Å². The van der Waals surface area contributed by atoms with Gasteiger partial charge >= 0.3 is 11.8 Å². The lowest BCUT2D eigenvalue weighted by molar-refractivity contribution is -0.139. The predicted molar refractivity (Wildman–Crippen MR) is 109 cm³/mol. The molecule has 1 aliphatic carbocycles. The highest BCUT2D eigenvalue weighted by Crippen LogP contribution is 2.33. The number of thiophene rings is 2. The largest absolute Gasteiger partial charge is 0.378 e. The van der Waals surface area contributed by atoms with Crippen LogP contribution in [0.25, 0.3) is 0 Å². The maximum Gasteiger partial charge on any atom is 0.309 e. The highest BCUT2D eigenvalue weighted by atomic mass is 32.1. The number of rotatable bonds is 7. The lowest BCUT2D eigenvalue weighted by Crippen LogP contribution is -2.46. The van der Waals surface area contributed by atoms with Crippen LogP contribution < -0.4 is 10.6 Å². The van der Waals surface area contributed by atoms with Crippen LogP contribution in [-0.2, 0) is 15.2 Å². The van der Waals surface area contributed by atoms with Crippen LogP contribution in [-0.4, -0.2) is 30.0 Å². The standard InChI is InChI=1S/C20H24N2O3S2/c23-18(21-10-8-15-5-2-1-3-6-15)19(24)22-14-20(25,16-9-12-26-13-16)17-7-4-11-27-17/h4-5,7,9,11-13,25H,1-3,6,8,10,14H2,(H,21,23)(H,22,24)/t20-/m1/s1. The second-order valence-electron chi connectivity index (χ2n) is 6.65. The molecule has 0 bridgehead atoms. The quantitative estimate of drug-likeness (QED) is 0.490. The van der Waals surface area contributed by atoms with Crippen molar-refractivity contribution in [1.29, 1.82) is 0 Å². The van der Waals surface area contributed by atoms with E-state index in [1.807, 2.05) is 34.3 Å². The number of carbonyl (C=O) groups is 2. The molecular weight excluding hydrogens is 380 g/mol. The Balaban J connectivity index is 1.53. The van der Waals surface area contributed by atoms with Crippen LogP contribution >= 0.6 is 22.7 Å². The molecule has 2 heterocycles. The first kappa shape index (κ1) is 19.8. The molecule has 3 N–H and O–H groups in total. The van der Waals surface area contributed by atoms with Crippen LogP contribution in [0.5, 0.6) is 0 Å². The van der Waals surface area contributed by atoms with Gasteiger partial charge in [0.25, 0.3) is 0 Å². The zero-order valence-electron chi connectivity index (χ0n) is 15.1. The molecule has 27 heavy (non-hydrogen) atoms. The van der Waals surface area contributed by atoms with Crippen LogP contribution in [0.1, 0.15) is 42.5 Å². The summed E-state index contributed by atoms with van der Waals surface area (Å²) < 4.78 is 0. The van der Waals surface area contributed by atoms with E-state index in [1.165, 1.54) is 41.1 Å². The number of nitrogens with one attached hydrogen (secondary N) is 2. The second kappa shape index (κ2) is 9.30. The average Bonchev–Trinajstić information content (AvgIpc) is 3.41. The Morgan fingerprint density at radius 1 is 1.15 bits per heavy atom. The smallest absolute Gasteiger partial charge is 0.309 e. The molecule has 5 nitrogen and oxygen atoms in total. The van der Waals surface area contributed by atoms with E-state index < -0.39 is 17.4 Å². The molecule has 0 fully saturated rings. The van der Waals surface area contributed by atoms with Gasteiger partial charge < -0.3 is 15.7 Å². The molecule has 2 amide bonds. The minimum atomic E-state index is -1.34. The van der Waals surface area contributed by atoms with Crippen molar-refractivity contribution in [2.45, 2.75) is 37.7 Å². The molecule has 3 rings (SSSR count). The van der Waals surface area contributed by atoms with E-state index in [1.54, 1.807) is 0 Å². The van der Waals surface area contributed by atoms with Crippen molar-refractivity contribution in [3.8, 4) is 0 Å². The predicted octanol–water partition coefficient (Wildman–Crippen LogP) is 3.17. The van der Waals surface area contributed by atoms with Crippen molar-refractivity contribution in [3.63, 3.8) is 0 Å². The highest BCUT2D eigenvalue weighted by Gasteiger charge is 2.34. The van der Waals surface area contributed by atoms with Crippen LogP contribution in [0.3, 0.4) is 0 Å². The summed E-state index contributed by atoms with van der Waals surface area (Å²) in [7, 11) is 0. The minimum Gasteiger partial charge on any atom is -0.378 e. The van der Waals surface area contributed by atoms with Crippen LogP contribution in [0.4, 0.5) is 0 Å². The normalized spacial score (nSPS) is 16.3. The summed E-state index contributed by atoms with van der Waals surface area (Å²) in [5.74, 6) is -1.39. The highest BCUT2D eigenvalue weighted by molar-refractivity contribution is 7.10. The minimum absolute atomic E-state index is 0.0539. The van der Waals surface area contributed by atoms with Crippen LogP contribution in [0.15, 0.2) is 46.0 Å². The Morgan fingerprint density at radius 3 is 2.67 bits per heavy atom. The Kier molecular flexibility index (Phi) is 6.82. The molecular formula is C20H24N2O3S2. The first-order valence-electron chi connectivity index (χ1n) is 9.12. The molecule has 0 radical (unpaired) electrons. The van der Waals surface area contributed by atoms with E-state index >= 15 is 0 Å². The Hall–Kier alpha value is -1.96. The Morgan fingerprint density at radius 2 is 2.00 bits per heavy atom. The van der Waals surface area contributed by atoms with Crippen molar-refractivity contribution in [2.24, 2.45) is 0 Å². The van der Waals surface area contributed by atoms with Gasteiger partial charge in [-0.15, -0.1) is 11.3 Å². The summed E-state index contributed by atoms with van der Waals surface area (Å²) in [4.78, 5) is 25.0. The SMILES string of the molecule is O=C(NCCC1=CCCCC1)C(=O)NC[C@@](O)(c1ccsc1)c1cccs1. The van der Waals surface area contributed by atoms with Gasteiger partial charge in [0, 0.05) is 17.0 Å². The molecule has 1 atom stereocenters. The Bertz CT molecular complexity index is 748. The van der Waals surface area contributed by atoms with E-state index in [2.05, 4.69) is 16.7 Å². The molecule has 0 saturated carbocycles. The summed E-state index contributed by atoms with van der Waals surface area (Å²) >= 11 is 2.89. The number of carbonyl (C=O) groups excluding carboxylic acids is 2. The van der Waals surface area contributed by atoms with Crippen molar-refractivity contribution < 1.29 is 14.7 Å². The van der Waals surface area contributed by atoms with Gasteiger partial charge in [0.1, 0.15) is 5.60 Å². The van der Waals surface area contributed by atoms with Gasteiger partial charge in [-0.05, 0) is 60.4 Å². The summed E-state index contributed by atoms with van der Waals surface area (Å²) in [6, 6.07) is 5.51. The van der Waals surface area contributed by atoms with Gasteiger partial charge in [0.15, 0.2) is 0 Å². The zero-order chi connectivity index (χ0) is 19.1. The fourth-order valence-corrected chi connectivity index (χ4v) is 4.75. The third-order valence-corrected chi connectivity index (χ3v) is 6.46. The molecule has 7 heteroatoms. The van der Waals surface area contributed by atoms with Gasteiger partial charge in [-0.2, -0.15) is 11.3 Å². The lowest BCUT2D eigenvalue weighted by atomic mass is 9.94. The lowest BCUT2D eigenvalue weighted by Gasteiger charge is -2.26. The number of aliphatic hydroxyl groups is 1. The van der Waals surface area contributed by atoms with E-state index in [0.29, 0.717) is 12.1 Å². The first-order valence-corrected chi connectivity index (χ1v) is 10.9. The number of hydrogen-bond acceptors (Lipinski definition) is 5. The summed E-state index contributed by atoms with van der Waals surface area (Å²) in [6.07, 6.45) is 7.63. The van der Waals surface area contributed by atoms with Crippen molar-refractivity contribution in [3.05, 3.63) is 56.4 Å². The average molecular weight is 405 g/mol. The fourth-order valence-electron chi connectivity index (χ4n) is 3.18. The molecule has 1 aliphatic rings. The van der Waals surface area contributed by atoms with E-state index in [9.17, 15) is 14.7 Å². The van der Waals surface area contributed by atoms with Gasteiger partial charge in [0.05, 0.1) is 6.54 Å². The monoisotopic (exact) mass is 404 g/mol. The molecule has 0 aliphatic heterocycles. The molecule has 0 saturated heterocycles. The van der Waals surface area contributed by atoms with Crippen molar-refractivity contribution >= 4 is 34.5 Å². The number of allylic oxidation sites excluding steroid dienone is 1. The van der Waals surface area contributed by atoms with Gasteiger partial charge in [-0.1, -0.05) is 17.7 Å². The molecule has 2 aromatic rings. The molecule has 2 aromatic heterocycles. The van der Waals surface area contributed by atoms with Crippen LogP contribution in [0, 0.1) is 0 Å². The van der Waals surface area contributed by atoms with Gasteiger partial charge in [-0.25, -0.2) is 0 Å². The van der Waals surface area contributed by atoms with Crippen molar-refractivity contribution in [1.82, 2.24) is 10.6 Å². The third-order valence-electron chi connectivity index (χ3n) is 4.76. The molecule has 0 aromatic carbocycles. The molecule has 0 unspecified atom stereocenters. The Labute approximate surface area is 167 Å². The summed E-state index contributed by atoms with van der Waals surface area (Å²) in [6.45, 7) is 0.402. The first-order chi connectivity index (χ1) is 13.1. The second-order valence-corrected chi connectivity index (χ2v) is 8.37. The number of amides is 2. The number of hydrogen-bond donors (Lipinski definition) is 3. The van der Waals surface area contributed by atoms with E-state index in [4.69, 9.17) is 0 Å². The fraction of sp³-hybridized carbons (Fsp3) is 0.400. The van der Waals surface area contributed by atoms with Crippen LogP contribution in [0.2, 0.25) is 0 Å². The van der Waals surface area contributed by atoms with Gasteiger partial charge in [0.2, 0.25) is 0 Å². The van der Waals surface area contributed by atoms with E-state index in [0.717, 1.165) is 24.1 Å². The molecule has 0 spiro atoms. The summed E-state index contributed by atoms with van der Waals surface area (Å²) in [5, 5.41) is 22.0. The topological polar surface area (TPSA) is 78.4 Å². The third kappa shape index (κ3) is 5.06. The maximum atomic E-state index is 12.2. The van der Waals surface area contributed by atoms with Gasteiger partial charge in [-0.3, -0.25) is 9.59 Å².